The molecular formula is C18H14BrF4NO2S2. The number of rotatable bonds is 5. The third-order valence-electron chi connectivity index (χ3n) is 4.11. The second-order valence-electron chi connectivity index (χ2n) is 5.94. The van der Waals surface area contributed by atoms with E-state index in [1.54, 1.807) is 6.07 Å². The molecule has 1 heterocycles. The third kappa shape index (κ3) is 4.04. The van der Waals surface area contributed by atoms with E-state index in [9.17, 15) is 26.0 Å². The van der Waals surface area contributed by atoms with Crippen LogP contribution in [0.4, 0.5) is 22.6 Å². The standard InChI is InChI=1S/C18H14BrF4NO2S2/c1-2-28(25,26)24(17-16(19)12-5-3-4-6-15(12)27-17)10-11-7-8-14(20)13(9-11)18(21,22)23/h3-9H,2,10H2,1H3. The lowest BCUT2D eigenvalue weighted by molar-refractivity contribution is -0.140. The van der Waals surface area contributed by atoms with Gasteiger partial charge in [0.25, 0.3) is 0 Å². The Balaban J connectivity index is 2.11. The van der Waals surface area contributed by atoms with Crippen molar-refractivity contribution in [2.75, 3.05) is 10.1 Å². The zero-order valence-corrected chi connectivity index (χ0v) is 17.6. The van der Waals surface area contributed by atoms with E-state index in [1.807, 2.05) is 18.2 Å². The lowest BCUT2D eigenvalue weighted by atomic mass is 10.1. The molecule has 0 aliphatic rings. The van der Waals surface area contributed by atoms with Gasteiger partial charge < -0.3 is 0 Å². The average molecular weight is 496 g/mol. The smallest absolute Gasteiger partial charge is 0.255 e. The molecule has 150 valence electrons. The Morgan fingerprint density at radius 3 is 2.43 bits per heavy atom. The maximum atomic E-state index is 13.6. The fraction of sp³-hybridized carbons (Fsp3) is 0.222. The first-order chi connectivity index (χ1) is 13.0. The van der Waals surface area contributed by atoms with Gasteiger partial charge in [-0.2, -0.15) is 13.2 Å². The Kier molecular flexibility index (Phi) is 5.75. The first-order valence-corrected chi connectivity index (χ1v) is 11.3. The van der Waals surface area contributed by atoms with Crippen molar-refractivity contribution in [3.05, 3.63) is 63.9 Å². The zero-order chi connectivity index (χ0) is 20.7. The van der Waals surface area contributed by atoms with Crippen LogP contribution in [0.15, 0.2) is 46.9 Å². The monoisotopic (exact) mass is 495 g/mol. The molecule has 3 nitrogen and oxygen atoms in total. The number of thiophene rings is 1. The number of fused-ring (bicyclic) bond motifs is 1. The van der Waals surface area contributed by atoms with Crippen molar-refractivity contribution in [1.82, 2.24) is 0 Å². The highest BCUT2D eigenvalue weighted by atomic mass is 79.9. The van der Waals surface area contributed by atoms with Crippen LogP contribution in [0.25, 0.3) is 10.1 Å². The third-order valence-corrected chi connectivity index (χ3v) is 8.19. The summed E-state index contributed by atoms with van der Waals surface area (Å²) < 4.78 is 80.5. The van der Waals surface area contributed by atoms with Crippen LogP contribution in [0.1, 0.15) is 18.1 Å². The van der Waals surface area contributed by atoms with E-state index in [1.165, 1.54) is 18.3 Å². The van der Waals surface area contributed by atoms with Crippen LogP contribution in [0, 0.1) is 5.82 Å². The molecule has 0 bridgehead atoms. The van der Waals surface area contributed by atoms with Gasteiger partial charge in [0.2, 0.25) is 10.0 Å². The van der Waals surface area contributed by atoms with E-state index < -0.39 is 27.6 Å². The highest BCUT2D eigenvalue weighted by molar-refractivity contribution is 9.10. The van der Waals surface area contributed by atoms with Crippen LogP contribution >= 0.6 is 27.3 Å². The van der Waals surface area contributed by atoms with Crippen molar-refractivity contribution < 1.29 is 26.0 Å². The molecule has 0 aliphatic carbocycles. The summed E-state index contributed by atoms with van der Waals surface area (Å²) in [5.74, 6) is -1.63. The number of nitrogens with zero attached hydrogens (tertiary/aromatic N) is 1. The number of sulfonamides is 1. The molecule has 3 rings (SSSR count). The van der Waals surface area contributed by atoms with Crippen molar-refractivity contribution >= 4 is 52.4 Å². The van der Waals surface area contributed by atoms with Crippen LogP contribution in [0.3, 0.4) is 0 Å². The first-order valence-electron chi connectivity index (χ1n) is 8.07. The van der Waals surface area contributed by atoms with Crippen molar-refractivity contribution in [3.8, 4) is 0 Å². The highest BCUT2D eigenvalue weighted by Gasteiger charge is 2.35. The molecule has 0 saturated carbocycles. The van der Waals surface area contributed by atoms with Gasteiger partial charge in [0.1, 0.15) is 10.8 Å². The molecule has 0 atom stereocenters. The second-order valence-corrected chi connectivity index (χ2v) is 9.94. The maximum Gasteiger partial charge on any atom is 0.419 e. The minimum atomic E-state index is -4.87. The van der Waals surface area contributed by atoms with Gasteiger partial charge in [-0.3, -0.25) is 4.31 Å². The van der Waals surface area contributed by atoms with Crippen LogP contribution in [-0.2, 0) is 22.7 Å². The van der Waals surface area contributed by atoms with E-state index in [2.05, 4.69) is 15.9 Å². The van der Waals surface area contributed by atoms with Gasteiger partial charge in [-0.05, 0) is 46.6 Å². The summed E-state index contributed by atoms with van der Waals surface area (Å²) in [6.45, 7) is 1.11. The SMILES string of the molecule is CCS(=O)(=O)N(Cc1ccc(F)c(C(F)(F)F)c1)c1sc2ccccc2c1Br. The summed E-state index contributed by atoms with van der Waals surface area (Å²) in [7, 11) is -3.80. The molecule has 0 fully saturated rings. The molecule has 10 heteroatoms. The molecule has 0 aliphatic heterocycles. The number of anilines is 1. The fourth-order valence-electron chi connectivity index (χ4n) is 2.67. The second kappa shape index (κ2) is 7.64. The minimum absolute atomic E-state index is 0.0371. The summed E-state index contributed by atoms with van der Waals surface area (Å²) in [6, 6.07) is 9.76. The summed E-state index contributed by atoms with van der Waals surface area (Å²) in [4.78, 5) is 0. The molecule has 0 saturated heterocycles. The Morgan fingerprint density at radius 2 is 1.82 bits per heavy atom. The molecule has 0 spiro atoms. The van der Waals surface area contributed by atoms with Crippen LogP contribution in [0.5, 0.6) is 0 Å². The summed E-state index contributed by atoms with van der Waals surface area (Å²) >= 11 is 4.62. The van der Waals surface area contributed by atoms with Crippen LogP contribution in [0.2, 0.25) is 0 Å². The van der Waals surface area contributed by atoms with Crippen LogP contribution in [-0.4, -0.2) is 14.2 Å². The van der Waals surface area contributed by atoms with Crippen molar-refractivity contribution in [1.29, 1.82) is 0 Å². The van der Waals surface area contributed by atoms with Gasteiger partial charge >= 0.3 is 6.18 Å². The molecule has 28 heavy (non-hydrogen) atoms. The summed E-state index contributed by atoms with van der Waals surface area (Å²) in [5.41, 5.74) is -1.38. The number of hydrogen-bond donors (Lipinski definition) is 0. The van der Waals surface area contributed by atoms with Crippen molar-refractivity contribution in [2.24, 2.45) is 0 Å². The predicted molar refractivity (Wildman–Crippen MR) is 107 cm³/mol. The number of alkyl halides is 3. The van der Waals surface area contributed by atoms with Gasteiger partial charge in [0.15, 0.2) is 0 Å². The highest BCUT2D eigenvalue weighted by Crippen LogP contribution is 2.43. The van der Waals surface area contributed by atoms with Crippen LogP contribution < -0.4 is 4.31 Å². The minimum Gasteiger partial charge on any atom is -0.255 e. The van der Waals surface area contributed by atoms with Crippen molar-refractivity contribution in [2.45, 2.75) is 19.6 Å². The van der Waals surface area contributed by atoms with Gasteiger partial charge in [-0.25, -0.2) is 12.8 Å². The number of benzene rings is 2. The van der Waals surface area contributed by atoms with E-state index >= 15 is 0 Å². The van der Waals surface area contributed by atoms with Gasteiger partial charge in [-0.15, -0.1) is 11.3 Å². The molecule has 1 aromatic heterocycles. The lowest BCUT2D eigenvalue weighted by Gasteiger charge is -2.23. The lowest BCUT2D eigenvalue weighted by Crippen LogP contribution is -2.31. The molecule has 0 amide bonds. The van der Waals surface area contributed by atoms with E-state index in [-0.39, 0.29) is 17.9 Å². The summed E-state index contributed by atoms with van der Waals surface area (Å²) in [5, 5.41) is 1.16. The largest absolute Gasteiger partial charge is 0.419 e. The Morgan fingerprint density at radius 1 is 1.14 bits per heavy atom. The molecule has 0 radical (unpaired) electrons. The summed E-state index contributed by atoms with van der Waals surface area (Å²) in [6.07, 6.45) is -4.87. The van der Waals surface area contributed by atoms with Gasteiger partial charge in [-0.1, -0.05) is 24.3 Å². The predicted octanol–water partition coefficient (Wildman–Crippen LogP) is 6.18. The van der Waals surface area contributed by atoms with E-state index in [4.69, 9.17) is 0 Å². The molecule has 0 unspecified atom stereocenters. The van der Waals surface area contributed by atoms with Crippen molar-refractivity contribution in [3.63, 3.8) is 0 Å². The molecule has 2 aromatic carbocycles. The normalized spacial score (nSPS) is 12.5. The molecular weight excluding hydrogens is 482 g/mol. The van der Waals surface area contributed by atoms with Gasteiger partial charge in [0.05, 0.1) is 22.3 Å². The Hall–Kier alpha value is -1.65. The average Bonchev–Trinajstić information content (AvgIpc) is 2.96. The van der Waals surface area contributed by atoms with Gasteiger partial charge in [0, 0.05) is 10.1 Å². The van der Waals surface area contributed by atoms with E-state index in [0.29, 0.717) is 21.6 Å². The first kappa shape index (κ1) is 21.1. The number of halogens is 5. The van der Waals surface area contributed by atoms with E-state index in [0.717, 1.165) is 20.5 Å². The fourth-order valence-corrected chi connectivity index (χ4v) is 6.17. The topological polar surface area (TPSA) is 37.4 Å². The molecule has 0 N–H and O–H groups in total. The Labute approximate surface area is 171 Å². The molecule has 3 aromatic rings. The Bertz CT molecular complexity index is 1130. The zero-order valence-electron chi connectivity index (χ0n) is 14.4. The maximum absolute atomic E-state index is 13.6. The number of hydrogen-bond acceptors (Lipinski definition) is 3. The quantitative estimate of drug-likeness (QED) is 0.396.